The highest BCUT2D eigenvalue weighted by Crippen LogP contribution is 2.13. The Kier molecular flexibility index (Phi) is 11.2. The average Bonchev–Trinajstić information content (AvgIpc) is 3.15. The lowest BCUT2D eigenvalue weighted by molar-refractivity contribution is -0.128. The van der Waals surface area contributed by atoms with Crippen molar-refractivity contribution in [3.63, 3.8) is 0 Å². The van der Waals surface area contributed by atoms with E-state index in [0.717, 1.165) is 37.4 Å². The van der Waals surface area contributed by atoms with Crippen LogP contribution >= 0.6 is 35.7 Å². The van der Waals surface area contributed by atoms with Gasteiger partial charge in [-0.25, -0.2) is 17.7 Å². The molecule has 0 aliphatic carbocycles. The van der Waals surface area contributed by atoms with Crippen LogP contribution in [0.5, 0.6) is 0 Å². The second kappa shape index (κ2) is 12.2. The Morgan fingerprint density at radius 2 is 1.77 bits per heavy atom. The van der Waals surface area contributed by atoms with Crippen molar-refractivity contribution < 1.29 is 13.2 Å². The number of carbonyl (C=O) groups is 1. The Labute approximate surface area is 178 Å². The number of thioether (sulfide) groups is 1. The number of nitrogens with zero attached hydrogens (tertiary/aromatic N) is 3. The molecule has 0 aromatic rings. The standard InChI is InChI=1S/C15H29N5O3S2.HI/c1-2-16-15(18-13-14(21)19-6-3-4-7-19)17-5-12-25(22,23)20-8-10-24-11-9-20;/h2-13H2,1H3,(H2,16,17,18);1H. The predicted octanol–water partition coefficient (Wildman–Crippen LogP) is 0.161. The Morgan fingerprint density at radius 1 is 1.12 bits per heavy atom. The number of guanidine groups is 1. The van der Waals surface area contributed by atoms with Gasteiger partial charge in [-0.3, -0.25) is 4.79 Å². The first-order valence-corrected chi connectivity index (χ1v) is 11.6. The van der Waals surface area contributed by atoms with E-state index in [9.17, 15) is 13.2 Å². The molecule has 2 aliphatic rings. The zero-order valence-corrected chi connectivity index (χ0v) is 19.2. The van der Waals surface area contributed by atoms with Crippen LogP contribution in [0, 0.1) is 0 Å². The Bertz CT molecular complexity index is 562. The Morgan fingerprint density at radius 3 is 2.38 bits per heavy atom. The number of carbonyl (C=O) groups excluding carboxylic acids is 1. The normalized spacial score (nSPS) is 19.1. The highest BCUT2D eigenvalue weighted by molar-refractivity contribution is 14.0. The van der Waals surface area contributed by atoms with Gasteiger partial charge in [-0.15, -0.1) is 24.0 Å². The van der Waals surface area contributed by atoms with E-state index in [4.69, 9.17) is 0 Å². The molecule has 2 rings (SSSR count). The molecule has 0 unspecified atom stereocenters. The third kappa shape index (κ3) is 7.77. The average molecular weight is 519 g/mol. The quantitative estimate of drug-likeness (QED) is 0.283. The number of halogens is 1. The van der Waals surface area contributed by atoms with Gasteiger partial charge in [0.1, 0.15) is 6.54 Å². The molecule has 2 N–H and O–H groups in total. The van der Waals surface area contributed by atoms with Crippen LogP contribution in [-0.2, 0) is 14.8 Å². The van der Waals surface area contributed by atoms with Gasteiger partial charge in [-0.1, -0.05) is 0 Å². The smallest absolute Gasteiger partial charge is 0.244 e. The van der Waals surface area contributed by atoms with Gasteiger partial charge in [-0.05, 0) is 19.8 Å². The number of amides is 1. The second-order valence-corrected chi connectivity index (χ2v) is 9.35. The van der Waals surface area contributed by atoms with Crippen LogP contribution in [-0.4, -0.2) is 92.6 Å². The lowest BCUT2D eigenvalue weighted by Crippen LogP contribution is -2.44. The van der Waals surface area contributed by atoms with Crippen LogP contribution < -0.4 is 10.6 Å². The summed E-state index contributed by atoms with van der Waals surface area (Å²) in [5.74, 6) is 2.25. The van der Waals surface area contributed by atoms with Gasteiger partial charge in [0.2, 0.25) is 15.9 Å². The molecule has 11 heteroatoms. The molecule has 26 heavy (non-hydrogen) atoms. The van der Waals surface area contributed by atoms with E-state index in [0.29, 0.717) is 25.6 Å². The summed E-state index contributed by atoms with van der Waals surface area (Å²) in [6, 6.07) is 0. The summed E-state index contributed by atoms with van der Waals surface area (Å²) in [7, 11) is -3.24. The molecule has 8 nitrogen and oxygen atoms in total. The molecule has 0 atom stereocenters. The summed E-state index contributed by atoms with van der Waals surface area (Å²) in [6.07, 6.45) is 2.11. The third-order valence-electron chi connectivity index (χ3n) is 4.19. The van der Waals surface area contributed by atoms with Crippen molar-refractivity contribution in [2.45, 2.75) is 19.8 Å². The number of hydrogen-bond donors (Lipinski definition) is 2. The van der Waals surface area contributed by atoms with E-state index in [1.807, 2.05) is 11.8 Å². The highest BCUT2D eigenvalue weighted by Gasteiger charge is 2.23. The van der Waals surface area contributed by atoms with Gasteiger partial charge in [0.15, 0.2) is 5.96 Å². The molecule has 2 saturated heterocycles. The number of hydrogen-bond acceptors (Lipinski definition) is 5. The van der Waals surface area contributed by atoms with E-state index in [2.05, 4.69) is 15.6 Å². The monoisotopic (exact) mass is 519 g/mol. The molecule has 2 heterocycles. The zero-order valence-electron chi connectivity index (χ0n) is 15.3. The fourth-order valence-electron chi connectivity index (χ4n) is 2.81. The molecule has 0 saturated carbocycles. The largest absolute Gasteiger partial charge is 0.357 e. The van der Waals surface area contributed by atoms with Gasteiger partial charge >= 0.3 is 0 Å². The molecular formula is C15H30IN5O3S2. The Balaban J connectivity index is 0.00000338. The Hall–Kier alpha value is -0.270. The van der Waals surface area contributed by atoms with E-state index < -0.39 is 10.0 Å². The van der Waals surface area contributed by atoms with Crippen molar-refractivity contribution in [3.05, 3.63) is 0 Å². The van der Waals surface area contributed by atoms with Crippen LogP contribution in [0.15, 0.2) is 4.99 Å². The number of nitrogens with one attached hydrogen (secondary N) is 2. The maximum atomic E-state index is 12.3. The molecule has 1 amide bonds. The van der Waals surface area contributed by atoms with Crippen molar-refractivity contribution in [1.29, 1.82) is 0 Å². The summed E-state index contributed by atoms with van der Waals surface area (Å²) >= 11 is 1.78. The van der Waals surface area contributed by atoms with E-state index >= 15 is 0 Å². The van der Waals surface area contributed by atoms with Gasteiger partial charge < -0.3 is 15.5 Å². The number of likely N-dealkylation sites (tertiary alicyclic amines) is 1. The number of rotatable bonds is 7. The summed E-state index contributed by atoms with van der Waals surface area (Å²) in [5, 5.41) is 6.07. The zero-order chi connectivity index (χ0) is 18.1. The van der Waals surface area contributed by atoms with Crippen LogP contribution in [0.4, 0.5) is 0 Å². The summed E-state index contributed by atoms with van der Waals surface area (Å²) < 4.78 is 26.2. The maximum absolute atomic E-state index is 12.3. The fourth-order valence-corrected chi connectivity index (χ4v) is 5.30. The van der Waals surface area contributed by atoms with Crippen molar-refractivity contribution in [1.82, 2.24) is 19.8 Å². The van der Waals surface area contributed by atoms with Gasteiger partial charge in [0, 0.05) is 50.8 Å². The van der Waals surface area contributed by atoms with Crippen LogP contribution in [0.1, 0.15) is 19.8 Å². The molecule has 0 aromatic heterocycles. The first-order chi connectivity index (χ1) is 12.0. The summed E-state index contributed by atoms with van der Waals surface area (Å²) in [5.41, 5.74) is 0. The molecule has 0 bridgehead atoms. The molecule has 2 aliphatic heterocycles. The molecule has 0 radical (unpaired) electrons. The molecule has 152 valence electrons. The molecular weight excluding hydrogens is 489 g/mol. The number of aliphatic imine (C=N–C) groups is 1. The second-order valence-electron chi connectivity index (χ2n) is 6.04. The minimum Gasteiger partial charge on any atom is -0.357 e. The van der Waals surface area contributed by atoms with Crippen LogP contribution in [0.2, 0.25) is 0 Å². The predicted molar refractivity (Wildman–Crippen MR) is 118 cm³/mol. The lowest BCUT2D eigenvalue weighted by atomic mass is 10.4. The number of sulfonamides is 1. The first-order valence-electron chi connectivity index (χ1n) is 8.88. The van der Waals surface area contributed by atoms with E-state index in [1.165, 1.54) is 0 Å². The van der Waals surface area contributed by atoms with Gasteiger partial charge in [0.25, 0.3) is 0 Å². The van der Waals surface area contributed by atoms with Gasteiger partial charge in [0.05, 0.1) is 5.75 Å². The van der Waals surface area contributed by atoms with Crippen molar-refractivity contribution in [2.24, 2.45) is 4.99 Å². The fraction of sp³-hybridized carbons (Fsp3) is 0.867. The maximum Gasteiger partial charge on any atom is 0.244 e. The first kappa shape index (κ1) is 23.8. The van der Waals surface area contributed by atoms with Crippen LogP contribution in [0.25, 0.3) is 0 Å². The minimum atomic E-state index is -3.24. The summed E-state index contributed by atoms with van der Waals surface area (Å²) in [4.78, 5) is 18.2. The molecule has 2 fully saturated rings. The lowest BCUT2D eigenvalue weighted by Gasteiger charge is -2.25. The third-order valence-corrected chi connectivity index (χ3v) is 7.01. The SMILES string of the molecule is CCNC(=NCC(=O)N1CCCC1)NCCS(=O)(=O)N1CCSCC1.I. The summed E-state index contributed by atoms with van der Waals surface area (Å²) in [6.45, 7) is 5.75. The van der Waals surface area contributed by atoms with E-state index in [-0.39, 0.29) is 48.7 Å². The molecule has 0 aromatic carbocycles. The van der Waals surface area contributed by atoms with E-state index in [1.54, 1.807) is 16.1 Å². The topological polar surface area (TPSA) is 94.1 Å². The minimum absolute atomic E-state index is 0. The van der Waals surface area contributed by atoms with Crippen molar-refractivity contribution in [3.8, 4) is 0 Å². The van der Waals surface area contributed by atoms with Crippen molar-refractivity contribution in [2.75, 3.05) is 63.1 Å². The van der Waals surface area contributed by atoms with Gasteiger partial charge in [-0.2, -0.15) is 11.8 Å². The molecule has 0 spiro atoms. The van der Waals surface area contributed by atoms with Crippen molar-refractivity contribution >= 4 is 57.6 Å². The van der Waals surface area contributed by atoms with Crippen LogP contribution in [0.3, 0.4) is 0 Å². The highest BCUT2D eigenvalue weighted by atomic mass is 127.